The van der Waals surface area contributed by atoms with Crippen LogP contribution in [-0.2, 0) is 22.6 Å². The Bertz CT molecular complexity index is 837. The van der Waals surface area contributed by atoms with Crippen molar-refractivity contribution in [2.45, 2.75) is 52.6 Å². The lowest BCUT2D eigenvalue weighted by Gasteiger charge is -2.29. The zero-order chi connectivity index (χ0) is 21.4. The van der Waals surface area contributed by atoms with E-state index in [0.29, 0.717) is 23.1 Å². The first-order valence-electron chi connectivity index (χ1n) is 9.88. The van der Waals surface area contributed by atoms with E-state index < -0.39 is 6.04 Å². The molecule has 0 heterocycles. The third-order valence-electron chi connectivity index (χ3n) is 4.81. The van der Waals surface area contributed by atoms with Crippen LogP contribution in [0.2, 0.25) is 10.0 Å². The van der Waals surface area contributed by atoms with Gasteiger partial charge in [0.1, 0.15) is 6.04 Å². The molecule has 29 heavy (non-hydrogen) atoms. The van der Waals surface area contributed by atoms with Crippen molar-refractivity contribution >= 4 is 35.0 Å². The van der Waals surface area contributed by atoms with Crippen molar-refractivity contribution in [2.75, 3.05) is 6.54 Å². The maximum atomic E-state index is 13.1. The molecule has 0 fully saturated rings. The minimum absolute atomic E-state index is 0.137. The van der Waals surface area contributed by atoms with Crippen molar-refractivity contribution in [1.29, 1.82) is 0 Å². The van der Waals surface area contributed by atoms with E-state index in [9.17, 15) is 9.59 Å². The summed E-state index contributed by atoms with van der Waals surface area (Å²) < 4.78 is 0. The van der Waals surface area contributed by atoms with Gasteiger partial charge in [0.2, 0.25) is 11.8 Å². The Morgan fingerprint density at radius 3 is 2.31 bits per heavy atom. The van der Waals surface area contributed by atoms with Crippen LogP contribution >= 0.6 is 23.2 Å². The SMILES string of the molecule is CCCCNC(=O)[C@@H](C)N(Cc1ccc(C)cc1)C(=O)Cc1ccc(Cl)c(Cl)c1. The smallest absolute Gasteiger partial charge is 0.242 e. The molecule has 0 aliphatic carbocycles. The van der Waals surface area contributed by atoms with Gasteiger partial charge in [-0.05, 0) is 43.5 Å². The third kappa shape index (κ3) is 7.06. The number of carbonyl (C=O) groups excluding carboxylic acids is 2. The van der Waals surface area contributed by atoms with Crippen molar-refractivity contribution < 1.29 is 9.59 Å². The van der Waals surface area contributed by atoms with Crippen molar-refractivity contribution in [3.05, 3.63) is 69.2 Å². The molecule has 2 rings (SSSR count). The number of hydrogen-bond acceptors (Lipinski definition) is 2. The van der Waals surface area contributed by atoms with Gasteiger partial charge in [-0.2, -0.15) is 0 Å². The Balaban J connectivity index is 2.19. The minimum Gasteiger partial charge on any atom is -0.354 e. The molecular weight excluding hydrogens is 407 g/mol. The maximum Gasteiger partial charge on any atom is 0.242 e. The fourth-order valence-corrected chi connectivity index (χ4v) is 3.26. The van der Waals surface area contributed by atoms with Crippen molar-refractivity contribution in [3.8, 4) is 0 Å². The average Bonchev–Trinajstić information content (AvgIpc) is 2.69. The Labute approximate surface area is 183 Å². The van der Waals surface area contributed by atoms with E-state index in [-0.39, 0.29) is 18.2 Å². The molecule has 0 aromatic heterocycles. The molecule has 4 nitrogen and oxygen atoms in total. The van der Waals surface area contributed by atoms with Gasteiger partial charge in [-0.25, -0.2) is 0 Å². The number of carbonyl (C=O) groups is 2. The maximum absolute atomic E-state index is 13.1. The number of nitrogens with one attached hydrogen (secondary N) is 1. The topological polar surface area (TPSA) is 49.4 Å². The number of nitrogens with zero attached hydrogens (tertiary/aromatic N) is 1. The first-order chi connectivity index (χ1) is 13.8. The molecule has 0 radical (unpaired) electrons. The highest BCUT2D eigenvalue weighted by Gasteiger charge is 2.26. The fourth-order valence-electron chi connectivity index (χ4n) is 2.93. The second kappa shape index (κ2) is 11.2. The molecule has 2 aromatic carbocycles. The lowest BCUT2D eigenvalue weighted by Crippen LogP contribution is -2.48. The second-order valence-electron chi connectivity index (χ2n) is 7.25. The predicted molar refractivity (Wildman–Crippen MR) is 119 cm³/mol. The standard InChI is InChI=1S/C23H28Cl2N2O2/c1-4-5-12-26-23(29)17(3)27(15-18-8-6-16(2)7-9-18)22(28)14-19-10-11-20(24)21(25)13-19/h6-11,13,17H,4-5,12,14-15H2,1-3H3,(H,26,29)/t17-/m1/s1. The predicted octanol–water partition coefficient (Wildman–Crippen LogP) is 5.18. The van der Waals surface area contributed by atoms with E-state index in [0.717, 1.165) is 29.5 Å². The lowest BCUT2D eigenvalue weighted by molar-refractivity contribution is -0.140. The zero-order valence-corrected chi connectivity index (χ0v) is 18.7. The van der Waals surface area contributed by atoms with Crippen LogP contribution < -0.4 is 5.32 Å². The summed E-state index contributed by atoms with van der Waals surface area (Å²) >= 11 is 12.1. The van der Waals surface area contributed by atoms with Gasteiger partial charge >= 0.3 is 0 Å². The summed E-state index contributed by atoms with van der Waals surface area (Å²) in [7, 11) is 0. The second-order valence-corrected chi connectivity index (χ2v) is 8.07. The van der Waals surface area contributed by atoms with E-state index in [1.54, 1.807) is 30.0 Å². The van der Waals surface area contributed by atoms with E-state index in [1.165, 1.54) is 0 Å². The van der Waals surface area contributed by atoms with Crippen molar-refractivity contribution in [3.63, 3.8) is 0 Å². The van der Waals surface area contributed by atoms with Gasteiger partial charge in [-0.15, -0.1) is 0 Å². The van der Waals surface area contributed by atoms with Crippen molar-refractivity contribution in [1.82, 2.24) is 10.2 Å². The molecule has 0 saturated carbocycles. The lowest BCUT2D eigenvalue weighted by atomic mass is 10.1. The number of unbranched alkanes of at least 4 members (excludes halogenated alkanes) is 1. The molecule has 1 N–H and O–H groups in total. The van der Waals surface area contributed by atoms with Crippen LogP contribution in [-0.4, -0.2) is 29.3 Å². The molecule has 2 aromatic rings. The molecule has 0 bridgehead atoms. The van der Waals surface area contributed by atoms with Crippen LogP contribution in [0, 0.1) is 6.92 Å². The minimum atomic E-state index is -0.580. The molecule has 0 spiro atoms. The summed E-state index contributed by atoms with van der Waals surface area (Å²) in [6.45, 7) is 6.82. The number of hydrogen-bond donors (Lipinski definition) is 1. The normalized spacial score (nSPS) is 11.8. The van der Waals surface area contributed by atoms with Crippen molar-refractivity contribution in [2.24, 2.45) is 0 Å². The number of amides is 2. The van der Waals surface area contributed by atoms with E-state index in [2.05, 4.69) is 12.2 Å². The van der Waals surface area contributed by atoms with Crippen LogP contribution in [0.4, 0.5) is 0 Å². The summed E-state index contributed by atoms with van der Waals surface area (Å²) in [6, 6.07) is 12.5. The van der Waals surface area contributed by atoms with Crippen LogP contribution in [0.25, 0.3) is 0 Å². The zero-order valence-electron chi connectivity index (χ0n) is 17.2. The van der Waals surface area contributed by atoms with E-state index in [1.807, 2.05) is 31.2 Å². The van der Waals surface area contributed by atoms with Gasteiger partial charge in [0.15, 0.2) is 0 Å². The van der Waals surface area contributed by atoms with Crippen LogP contribution in [0.15, 0.2) is 42.5 Å². The van der Waals surface area contributed by atoms with E-state index in [4.69, 9.17) is 23.2 Å². The molecule has 2 amide bonds. The molecule has 0 saturated heterocycles. The molecule has 0 aliphatic heterocycles. The van der Waals surface area contributed by atoms with Crippen LogP contribution in [0.1, 0.15) is 43.4 Å². The van der Waals surface area contributed by atoms with Gasteiger partial charge in [-0.3, -0.25) is 9.59 Å². The summed E-state index contributed by atoms with van der Waals surface area (Å²) in [5.74, 6) is -0.282. The summed E-state index contributed by atoms with van der Waals surface area (Å²) in [6.07, 6.45) is 2.06. The fraction of sp³-hybridized carbons (Fsp3) is 0.391. The summed E-state index contributed by atoms with van der Waals surface area (Å²) in [5.41, 5.74) is 2.89. The largest absolute Gasteiger partial charge is 0.354 e. The van der Waals surface area contributed by atoms with Crippen LogP contribution in [0.3, 0.4) is 0 Å². The van der Waals surface area contributed by atoms with Gasteiger partial charge in [0.25, 0.3) is 0 Å². The van der Waals surface area contributed by atoms with Crippen LogP contribution in [0.5, 0.6) is 0 Å². The quantitative estimate of drug-likeness (QED) is 0.552. The highest BCUT2D eigenvalue weighted by molar-refractivity contribution is 6.42. The molecular formula is C23H28Cl2N2O2. The first-order valence-corrected chi connectivity index (χ1v) is 10.6. The molecule has 1 atom stereocenters. The highest BCUT2D eigenvalue weighted by atomic mass is 35.5. The number of benzene rings is 2. The first kappa shape index (κ1) is 23.2. The third-order valence-corrected chi connectivity index (χ3v) is 5.55. The Hall–Kier alpha value is -2.04. The molecule has 6 heteroatoms. The van der Waals surface area contributed by atoms with Gasteiger partial charge < -0.3 is 10.2 Å². The average molecular weight is 435 g/mol. The van der Waals surface area contributed by atoms with E-state index >= 15 is 0 Å². The van der Waals surface area contributed by atoms with Gasteiger partial charge in [-0.1, -0.05) is 72.4 Å². The van der Waals surface area contributed by atoms with Gasteiger partial charge in [0.05, 0.1) is 16.5 Å². The monoisotopic (exact) mass is 434 g/mol. The molecule has 0 aliphatic rings. The number of rotatable bonds is 9. The van der Waals surface area contributed by atoms with Gasteiger partial charge in [0, 0.05) is 13.1 Å². The molecule has 0 unspecified atom stereocenters. The Kier molecular flexibility index (Phi) is 8.99. The Morgan fingerprint density at radius 2 is 1.69 bits per heavy atom. The summed E-state index contributed by atoms with van der Waals surface area (Å²) in [4.78, 5) is 27.4. The number of halogens is 2. The highest BCUT2D eigenvalue weighted by Crippen LogP contribution is 2.23. The Morgan fingerprint density at radius 1 is 1.03 bits per heavy atom. The molecule has 156 valence electrons. The number of aryl methyl sites for hydroxylation is 1. The summed E-state index contributed by atoms with van der Waals surface area (Å²) in [5, 5.41) is 3.78.